The molecule has 6 heteroatoms. The average molecular weight is 173 g/mol. The van der Waals surface area contributed by atoms with E-state index in [0.29, 0.717) is 10.5 Å². The molecule has 0 heterocycles. The standard InChI is InChI=1S/Ca.H4OSi.2O.V.2H/c;1-2;;;;;/h;1H,2H3;;;;;/q+2;;;;;2*-1. The third kappa shape index (κ3) is 45.7. The summed E-state index contributed by atoms with van der Waals surface area (Å²) in [6, 6.07) is 0. The molecular weight excluding hydrogens is 167 g/mol. The van der Waals surface area contributed by atoms with Crippen LogP contribution in [0.2, 0.25) is 0 Å². The molecule has 35 valence electrons. The fourth-order valence-corrected chi connectivity index (χ4v) is 0. The Morgan fingerprint density at radius 2 is 1.50 bits per heavy atom. The van der Waals surface area contributed by atoms with Crippen LogP contribution in [0.3, 0.4) is 0 Å². The van der Waals surface area contributed by atoms with E-state index < -0.39 is 16.2 Å². The number of hydrogen-bond acceptors (Lipinski definition) is 3. The van der Waals surface area contributed by atoms with Gasteiger partial charge in [-0.15, -0.1) is 0 Å². The zero-order valence-electron chi connectivity index (χ0n) is 5.42. The Morgan fingerprint density at radius 3 is 1.50 bits per heavy atom. The molecule has 0 aliphatic carbocycles. The summed E-state index contributed by atoms with van der Waals surface area (Å²) < 4.78 is 16.9. The second kappa shape index (κ2) is 30.5. The molecule has 0 unspecified atom stereocenters. The SMILES string of the molecule is O[SiH3].[Ca+2].[H-].[H-].[O]=[V]=[O]. The van der Waals surface area contributed by atoms with Crippen molar-refractivity contribution in [1.29, 1.82) is 0 Å². The zero-order valence-corrected chi connectivity index (χ0v) is 9.02. The quantitative estimate of drug-likeness (QED) is 0.425. The zero-order chi connectivity index (χ0) is 4.71. The Hall–Kier alpha value is 1.62. The van der Waals surface area contributed by atoms with Gasteiger partial charge < -0.3 is 7.65 Å². The van der Waals surface area contributed by atoms with Crippen molar-refractivity contribution in [3.63, 3.8) is 0 Å². The third-order valence-electron chi connectivity index (χ3n) is 0. The molecule has 0 bridgehead atoms. The minimum absolute atomic E-state index is 0. The predicted molar refractivity (Wildman–Crippen MR) is 21.5 cm³/mol. The molecule has 6 heavy (non-hydrogen) atoms. The van der Waals surface area contributed by atoms with Gasteiger partial charge in [-0.25, -0.2) is 0 Å². The van der Waals surface area contributed by atoms with Crippen LogP contribution in [0.1, 0.15) is 2.85 Å². The molecule has 0 rings (SSSR count). The maximum atomic E-state index is 8.47. The van der Waals surface area contributed by atoms with E-state index in [1.54, 1.807) is 0 Å². The van der Waals surface area contributed by atoms with Gasteiger partial charge in [0.1, 0.15) is 10.5 Å². The summed E-state index contributed by atoms with van der Waals surface area (Å²) in [6.07, 6.45) is 0. The Morgan fingerprint density at radius 1 is 1.50 bits per heavy atom. The van der Waals surface area contributed by atoms with Crippen molar-refractivity contribution in [2.45, 2.75) is 0 Å². The summed E-state index contributed by atoms with van der Waals surface area (Å²) in [4.78, 5) is 7.14. The predicted octanol–water partition coefficient (Wildman–Crippen LogP) is -2.14. The first-order chi connectivity index (χ1) is 2.41. The molecular formula is H6CaO3SiV. The summed E-state index contributed by atoms with van der Waals surface area (Å²) in [5.74, 6) is 0. The summed E-state index contributed by atoms with van der Waals surface area (Å²) >= 11 is -1.81. The van der Waals surface area contributed by atoms with Crippen LogP contribution < -0.4 is 0 Å². The molecule has 0 saturated carbocycles. The minimum atomic E-state index is -1.81. The molecule has 0 saturated heterocycles. The Balaban J connectivity index is -0.00000000567. The van der Waals surface area contributed by atoms with Gasteiger partial charge in [0.05, 0.1) is 0 Å². The van der Waals surface area contributed by atoms with Crippen molar-refractivity contribution in [2.75, 3.05) is 0 Å². The van der Waals surface area contributed by atoms with E-state index in [2.05, 4.69) is 0 Å². The van der Waals surface area contributed by atoms with Gasteiger partial charge in [0.25, 0.3) is 0 Å². The molecule has 0 fully saturated rings. The van der Waals surface area contributed by atoms with Crippen LogP contribution in [0.15, 0.2) is 0 Å². The van der Waals surface area contributed by atoms with Crippen molar-refractivity contribution in [1.82, 2.24) is 0 Å². The molecule has 0 aromatic rings. The van der Waals surface area contributed by atoms with E-state index in [-0.39, 0.29) is 40.6 Å². The average Bonchev–Trinajstić information content (AvgIpc) is 1.46. The van der Waals surface area contributed by atoms with Crippen LogP contribution in [0, 0.1) is 0 Å². The van der Waals surface area contributed by atoms with E-state index in [1.807, 2.05) is 0 Å². The van der Waals surface area contributed by atoms with Crippen molar-refractivity contribution < 1.29 is 31.2 Å². The molecule has 0 amide bonds. The monoisotopic (exact) mass is 173 g/mol. The van der Waals surface area contributed by atoms with Gasteiger partial charge in [-0.05, 0) is 0 Å². The number of rotatable bonds is 0. The van der Waals surface area contributed by atoms with Crippen LogP contribution in [-0.4, -0.2) is 53.0 Å². The molecule has 0 spiro atoms. The van der Waals surface area contributed by atoms with Crippen LogP contribution in [-0.2, 0) is 23.5 Å². The second-order valence-electron chi connectivity index (χ2n) is 0.0745. The Bertz CT molecular complexity index is 38.3. The van der Waals surface area contributed by atoms with Crippen LogP contribution >= 0.6 is 0 Å². The van der Waals surface area contributed by atoms with Gasteiger partial charge in [-0.1, -0.05) is 0 Å². The van der Waals surface area contributed by atoms with Gasteiger partial charge >= 0.3 is 61.3 Å². The van der Waals surface area contributed by atoms with E-state index in [0.717, 1.165) is 0 Å². The fraction of sp³-hybridized carbons (Fsp3) is 0. The first-order valence-corrected chi connectivity index (χ1v) is 2.85. The third-order valence-corrected chi connectivity index (χ3v) is 0. The van der Waals surface area contributed by atoms with Gasteiger partial charge in [0, 0.05) is 0 Å². The van der Waals surface area contributed by atoms with Gasteiger partial charge in [0.2, 0.25) is 0 Å². The van der Waals surface area contributed by atoms with Crippen LogP contribution in [0.4, 0.5) is 0 Å². The molecule has 0 aliphatic rings. The van der Waals surface area contributed by atoms with Crippen molar-refractivity contribution in [3.8, 4) is 0 Å². The Kier molecular flexibility index (Phi) is 79.4. The molecule has 3 nitrogen and oxygen atoms in total. The molecule has 0 atom stereocenters. The van der Waals surface area contributed by atoms with E-state index in [1.165, 1.54) is 0 Å². The first kappa shape index (κ1) is 15.6. The van der Waals surface area contributed by atoms with Crippen molar-refractivity contribution in [3.05, 3.63) is 0 Å². The van der Waals surface area contributed by atoms with Gasteiger partial charge in [0.15, 0.2) is 0 Å². The first-order valence-electron chi connectivity index (χ1n) is 0.812. The maximum absolute atomic E-state index is 8.47. The summed E-state index contributed by atoms with van der Waals surface area (Å²) in [7, 11) is 0.306. The van der Waals surface area contributed by atoms with Gasteiger partial charge in [-0.2, -0.15) is 0 Å². The molecule has 1 N–H and O–H groups in total. The summed E-state index contributed by atoms with van der Waals surface area (Å²) in [5, 5.41) is 0. The van der Waals surface area contributed by atoms with Gasteiger partial charge in [-0.3, -0.25) is 0 Å². The topological polar surface area (TPSA) is 54.4 Å². The van der Waals surface area contributed by atoms with Crippen molar-refractivity contribution >= 4 is 48.2 Å². The Labute approximate surface area is 78.5 Å². The van der Waals surface area contributed by atoms with Crippen molar-refractivity contribution in [2.24, 2.45) is 0 Å². The normalized spacial score (nSPS) is 2.83. The summed E-state index contributed by atoms with van der Waals surface area (Å²) in [5.41, 5.74) is 0. The van der Waals surface area contributed by atoms with Crippen LogP contribution in [0.25, 0.3) is 0 Å². The van der Waals surface area contributed by atoms with Crippen LogP contribution in [0.5, 0.6) is 0 Å². The molecule has 0 aliphatic heterocycles. The molecule has 0 radical (unpaired) electrons. The second-order valence-corrected chi connectivity index (χ2v) is 0.307. The molecule has 0 aromatic heterocycles. The van der Waals surface area contributed by atoms with E-state index >= 15 is 0 Å². The summed E-state index contributed by atoms with van der Waals surface area (Å²) in [6.45, 7) is 0. The molecule has 0 aromatic carbocycles. The van der Waals surface area contributed by atoms with E-state index in [9.17, 15) is 0 Å². The fourth-order valence-electron chi connectivity index (χ4n) is 0. The number of hydrogen-bond donors (Lipinski definition) is 1. The van der Waals surface area contributed by atoms with E-state index in [4.69, 9.17) is 12.1 Å².